The number of para-hydroxylation sites is 1. The van der Waals surface area contributed by atoms with Crippen LogP contribution in [-0.2, 0) is 28.3 Å². The van der Waals surface area contributed by atoms with Gasteiger partial charge in [0.25, 0.3) is 5.91 Å². The second-order valence-corrected chi connectivity index (χ2v) is 10.8. The highest BCUT2D eigenvalue weighted by Crippen LogP contribution is 2.37. The number of benzene rings is 2. The molecule has 3 aromatic rings. The fraction of sp³-hybridized carbons (Fsp3) is 0.467. The van der Waals surface area contributed by atoms with Crippen LogP contribution >= 0.6 is 0 Å². The molecule has 2 aromatic carbocycles. The van der Waals surface area contributed by atoms with Gasteiger partial charge in [-0.05, 0) is 36.2 Å². The molecule has 2 fully saturated rings. The van der Waals surface area contributed by atoms with Crippen LogP contribution in [0.15, 0.2) is 53.8 Å². The molecular weight excluding hydrogens is 592 g/mol. The minimum absolute atomic E-state index is 0.0283. The number of carbonyl (C=O) groups excluding carboxylic acids is 1. The van der Waals surface area contributed by atoms with Crippen LogP contribution in [0.5, 0.6) is 0 Å². The molecule has 2 saturated heterocycles. The number of H-pyrrole nitrogens is 1. The number of rotatable bonds is 9. The van der Waals surface area contributed by atoms with E-state index in [1.54, 1.807) is 6.21 Å². The molecule has 2 aliphatic rings. The van der Waals surface area contributed by atoms with Crippen molar-refractivity contribution in [3.8, 4) is 0 Å². The fourth-order valence-electron chi connectivity index (χ4n) is 5.58. The van der Waals surface area contributed by atoms with Gasteiger partial charge in [-0.15, -0.1) is 0 Å². The van der Waals surface area contributed by atoms with E-state index in [1.807, 2.05) is 35.4 Å². The van der Waals surface area contributed by atoms with Crippen molar-refractivity contribution in [3.05, 3.63) is 70.9 Å². The number of halogens is 6. The lowest BCUT2D eigenvalue weighted by Crippen LogP contribution is -2.56. The van der Waals surface area contributed by atoms with Crippen LogP contribution in [0.1, 0.15) is 27.0 Å². The molecular formula is C30H33F6N5O3. The maximum absolute atomic E-state index is 13.6. The van der Waals surface area contributed by atoms with E-state index in [1.165, 1.54) is 4.90 Å². The van der Waals surface area contributed by atoms with Crippen molar-refractivity contribution in [2.24, 2.45) is 5.16 Å². The van der Waals surface area contributed by atoms with Gasteiger partial charge in [0.05, 0.1) is 30.6 Å². The monoisotopic (exact) mass is 625 g/mol. The van der Waals surface area contributed by atoms with Crippen LogP contribution in [0.4, 0.5) is 26.3 Å². The SMILES string of the molecule is O=C(c1cc(C(F)(F)F)cc(C(F)(F)F)c1)N1CCN(C/C=N\OCCN2CCOCC2)C[C@H]1Cc1c[nH]c2ccccc12. The van der Waals surface area contributed by atoms with Crippen molar-refractivity contribution in [1.29, 1.82) is 0 Å². The van der Waals surface area contributed by atoms with Crippen molar-refractivity contribution >= 4 is 23.0 Å². The molecule has 0 aliphatic carbocycles. The minimum atomic E-state index is -5.05. The van der Waals surface area contributed by atoms with Gasteiger partial charge in [0, 0.05) is 74.5 Å². The zero-order valence-corrected chi connectivity index (χ0v) is 23.8. The maximum atomic E-state index is 13.6. The average molecular weight is 626 g/mol. The van der Waals surface area contributed by atoms with E-state index in [0.29, 0.717) is 58.0 Å². The molecule has 2 aliphatic heterocycles. The summed E-state index contributed by atoms with van der Waals surface area (Å²) in [4.78, 5) is 27.8. The third kappa shape index (κ3) is 7.90. The lowest BCUT2D eigenvalue weighted by molar-refractivity contribution is -0.143. The number of carbonyl (C=O) groups is 1. The second kappa shape index (κ2) is 13.6. The van der Waals surface area contributed by atoms with E-state index in [4.69, 9.17) is 9.57 Å². The van der Waals surface area contributed by atoms with Gasteiger partial charge in [-0.2, -0.15) is 26.3 Å². The molecule has 1 aromatic heterocycles. The molecule has 0 spiro atoms. The van der Waals surface area contributed by atoms with Crippen molar-refractivity contribution in [2.75, 3.05) is 65.6 Å². The van der Waals surface area contributed by atoms with E-state index in [-0.39, 0.29) is 12.6 Å². The summed E-state index contributed by atoms with van der Waals surface area (Å²) in [5, 5.41) is 4.96. The van der Waals surface area contributed by atoms with Crippen LogP contribution in [0.25, 0.3) is 10.9 Å². The Morgan fingerprint density at radius 3 is 2.39 bits per heavy atom. The number of alkyl halides is 6. The quantitative estimate of drug-likeness (QED) is 0.159. The topological polar surface area (TPSA) is 73.4 Å². The number of aromatic nitrogens is 1. The number of hydrogen-bond donors (Lipinski definition) is 1. The van der Waals surface area contributed by atoms with E-state index in [9.17, 15) is 31.1 Å². The molecule has 14 heteroatoms. The smallest absolute Gasteiger partial charge is 0.395 e. The highest BCUT2D eigenvalue weighted by Gasteiger charge is 2.39. The molecule has 0 saturated carbocycles. The molecule has 1 atom stereocenters. The largest absolute Gasteiger partial charge is 0.416 e. The van der Waals surface area contributed by atoms with Gasteiger partial charge in [-0.25, -0.2) is 0 Å². The summed E-state index contributed by atoms with van der Waals surface area (Å²) in [7, 11) is 0. The number of amides is 1. The van der Waals surface area contributed by atoms with Crippen LogP contribution in [0.3, 0.4) is 0 Å². The van der Waals surface area contributed by atoms with Gasteiger partial charge in [0.2, 0.25) is 0 Å². The van der Waals surface area contributed by atoms with Crippen molar-refractivity contribution in [1.82, 2.24) is 19.7 Å². The maximum Gasteiger partial charge on any atom is 0.416 e. The fourth-order valence-corrected chi connectivity index (χ4v) is 5.58. The number of ether oxygens (including phenoxy) is 1. The normalized spacial score (nSPS) is 19.2. The van der Waals surface area contributed by atoms with Gasteiger partial charge in [-0.1, -0.05) is 23.4 Å². The zero-order valence-electron chi connectivity index (χ0n) is 23.8. The Morgan fingerprint density at radius 2 is 1.68 bits per heavy atom. The first-order valence-corrected chi connectivity index (χ1v) is 14.3. The highest BCUT2D eigenvalue weighted by molar-refractivity contribution is 5.95. The third-order valence-corrected chi connectivity index (χ3v) is 7.88. The van der Waals surface area contributed by atoms with E-state index < -0.39 is 41.0 Å². The van der Waals surface area contributed by atoms with Crippen LogP contribution < -0.4 is 0 Å². The van der Waals surface area contributed by atoms with Crippen molar-refractivity contribution in [2.45, 2.75) is 24.8 Å². The Morgan fingerprint density at radius 1 is 0.977 bits per heavy atom. The molecule has 44 heavy (non-hydrogen) atoms. The van der Waals surface area contributed by atoms with Crippen LogP contribution in [0.2, 0.25) is 0 Å². The standard InChI is InChI=1S/C30H33F6N5O3/c31-29(32,33)23-15-21(16-24(18-23)30(34,35)36)28(42)41-8-7-40(6-5-38-44-14-11-39-9-12-43-13-10-39)20-25(41)17-22-19-37-27-4-2-1-3-26(22)27/h1-5,15-16,18-19,25,37H,6-14,17,20H2/b38-5-/t25-/m1/s1. The number of oxime groups is 1. The number of nitrogens with one attached hydrogen (secondary N) is 1. The summed E-state index contributed by atoms with van der Waals surface area (Å²) in [6, 6.07) is 8.03. The number of piperazine rings is 1. The minimum Gasteiger partial charge on any atom is -0.395 e. The highest BCUT2D eigenvalue weighted by atomic mass is 19.4. The summed E-state index contributed by atoms with van der Waals surface area (Å²) in [6.45, 7) is 5.37. The third-order valence-electron chi connectivity index (χ3n) is 7.88. The number of morpholine rings is 1. The lowest BCUT2D eigenvalue weighted by Gasteiger charge is -2.41. The molecule has 0 bridgehead atoms. The molecule has 8 nitrogen and oxygen atoms in total. The van der Waals surface area contributed by atoms with E-state index in [2.05, 4.69) is 15.0 Å². The first kappa shape index (κ1) is 31.8. The van der Waals surface area contributed by atoms with Gasteiger partial charge in [0.15, 0.2) is 0 Å². The summed E-state index contributed by atoms with van der Waals surface area (Å²) < 4.78 is 86.5. The van der Waals surface area contributed by atoms with Crippen LogP contribution in [-0.4, -0.2) is 103 Å². The average Bonchev–Trinajstić information content (AvgIpc) is 3.41. The first-order valence-electron chi connectivity index (χ1n) is 14.3. The summed E-state index contributed by atoms with van der Waals surface area (Å²) >= 11 is 0. The summed E-state index contributed by atoms with van der Waals surface area (Å²) in [6.07, 6.45) is -6.35. The Balaban J connectivity index is 1.32. The van der Waals surface area contributed by atoms with E-state index >= 15 is 0 Å². The Labute approximate surface area is 250 Å². The molecule has 3 heterocycles. The molecule has 5 rings (SSSR count). The second-order valence-electron chi connectivity index (χ2n) is 10.8. The van der Waals surface area contributed by atoms with E-state index in [0.717, 1.165) is 36.1 Å². The zero-order chi connectivity index (χ0) is 31.3. The Hall–Kier alpha value is -3.62. The Kier molecular flexibility index (Phi) is 9.81. The summed E-state index contributed by atoms with van der Waals surface area (Å²) in [5.74, 6) is -0.883. The molecule has 1 N–H and O–H groups in total. The first-order chi connectivity index (χ1) is 21.0. The number of aromatic amines is 1. The van der Waals surface area contributed by atoms with Gasteiger partial charge in [-0.3, -0.25) is 14.6 Å². The predicted molar refractivity (Wildman–Crippen MR) is 151 cm³/mol. The van der Waals surface area contributed by atoms with Gasteiger partial charge < -0.3 is 19.5 Å². The predicted octanol–water partition coefficient (Wildman–Crippen LogP) is 4.91. The number of hydrogen-bond acceptors (Lipinski definition) is 6. The molecule has 0 radical (unpaired) electrons. The molecule has 1 amide bonds. The number of nitrogens with zero attached hydrogens (tertiary/aromatic N) is 4. The van der Waals surface area contributed by atoms with Crippen molar-refractivity contribution in [3.63, 3.8) is 0 Å². The summed E-state index contributed by atoms with van der Waals surface area (Å²) in [5.41, 5.74) is -1.94. The molecule has 0 unspecified atom stereocenters. The van der Waals surface area contributed by atoms with Gasteiger partial charge in [0.1, 0.15) is 6.61 Å². The van der Waals surface area contributed by atoms with Crippen LogP contribution in [0, 0.1) is 0 Å². The lowest BCUT2D eigenvalue weighted by atomic mass is 9.98. The molecule has 238 valence electrons. The van der Waals surface area contributed by atoms with Gasteiger partial charge >= 0.3 is 12.4 Å². The Bertz CT molecular complexity index is 1420. The number of fused-ring (bicyclic) bond motifs is 1. The van der Waals surface area contributed by atoms with Crippen molar-refractivity contribution < 1.29 is 40.7 Å².